The zero-order chi connectivity index (χ0) is 13.3. The van der Waals surface area contributed by atoms with Gasteiger partial charge in [-0.3, -0.25) is 0 Å². The first-order valence-electron chi connectivity index (χ1n) is 4.79. The molecule has 0 saturated heterocycles. The molecule has 1 heterocycles. The standard InChI is InChI=1S/C11H6Br3Cl2NS/c12-7-1-5(15)2-8(13)10(7)17-4-6-3-9(14)11(16)18-6/h1-3,17H,4H2. The van der Waals surface area contributed by atoms with Crippen LogP contribution in [0.3, 0.4) is 0 Å². The largest absolute Gasteiger partial charge is 0.378 e. The number of halogens is 5. The Hall–Kier alpha value is 0.740. The van der Waals surface area contributed by atoms with Crippen LogP contribution >= 0.6 is 82.3 Å². The Kier molecular flexibility index (Phi) is 5.43. The van der Waals surface area contributed by atoms with Crippen molar-refractivity contribution in [1.29, 1.82) is 0 Å². The topological polar surface area (TPSA) is 12.0 Å². The maximum atomic E-state index is 6.00. The molecule has 2 rings (SSSR count). The normalized spacial score (nSPS) is 10.7. The lowest BCUT2D eigenvalue weighted by atomic mass is 10.3. The molecule has 0 aliphatic heterocycles. The zero-order valence-corrected chi connectivity index (χ0v) is 15.8. The van der Waals surface area contributed by atoms with Crippen LogP contribution in [0.1, 0.15) is 4.88 Å². The van der Waals surface area contributed by atoms with Crippen LogP contribution in [-0.4, -0.2) is 0 Å². The predicted molar refractivity (Wildman–Crippen MR) is 91.2 cm³/mol. The van der Waals surface area contributed by atoms with E-state index in [1.165, 1.54) is 0 Å². The molecule has 2 aromatic rings. The molecule has 0 atom stereocenters. The monoisotopic (exact) mass is 491 g/mol. The Morgan fingerprint density at radius 2 is 1.61 bits per heavy atom. The smallest absolute Gasteiger partial charge is 0.107 e. The SMILES string of the molecule is Clc1cc(Br)c(NCc2cc(Br)c(Cl)s2)c(Br)c1. The van der Waals surface area contributed by atoms with Gasteiger partial charge >= 0.3 is 0 Å². The Bertz CT molecular complexity index is 543. The van der Waals surface area contributed by atoms with Gasteiger partial charge in [-0.1, -0.05) is 23.2 Å². The molecule has 0 aliphatic carbocycles. The van der Waals surface area contributed by atoms with Gasteiger partial charge in [0.1, 0.15) is 4.34 Å². The van der Waals surface area contributed by atoms with Crippen LogP contribution < -0.4 is 5.32 Å². The Morgan fingerprint density at radius 3 is 2.11 bits per heavy atom. The average molecular weight is 495 g/mol. The van der Waals surface area contributed by atoms with E-state index in [1.807, 2.05) is 18.2 Å². The van der Waals surface area contributed by atoms with Gasteiger partial charge in [0.15, 0.2) is 0 Å². The fourth-order valence-electron chi connectivity index (χ4n) is 1.37. The number of thiophene rings is 1. The molecule has 0 saturated carbocycles. The fraction of sp³-hybridized carbons (Fsp3) is 0.0909. The summed E-state index contributed by atoms with van der Waals surface area (Å²) in [4.78, 5) is 1.15. The first kappa shape index (κ1) is 15.1. The van der Waals surface area contributed by atoms with E-state index in [2.05, 4.69) is 53.1 Å². The molecule has 0 bridgehead atoms. The van der Waals surface area contributed by atoms with Crippen molar-refractivity contribution in [2.45, 2.75) is 6.54 Å². The van der Waals surface area contributed by atoms with Gasteiger partial charge in [-0.05, 0) is 66.0 Å². The predicted octanol–water partition coefficient (Wildman–Crippen LogP) is 6.95. The van der Waals surface area contributed by atoms with Gasteiger partial charge in [0, 0.05) is 29.9 Å². The van der Waals surface area contributed by atoms with Crippen LogP contribution in [-0.2, 0) is 6.54 Å². The summed E-state index contributed by atoms with van der Waals surface area (Å²) in [6, 6.07) is 5.72. The average Bonchev–Trinajstić information content (AvgIpc) is 2.56. The summed E-state index contributed by atoms with van der Waals surface area (Å²) in [6.07, 6.45) is 0. The van der Waals surface area contributed by atoms with E-state index >= 15 is 0 Å². The highest BCUT2D eigenvalue weighted by molar-refractivity contribution is 9.11. The van der Waals surface area contributed by atoms with Gasteiger partial charge in [0.2, 0.25) is 0 Å². The van der Waals surface area contributed by atoms with E-state index in [-0.39, 0.29) is 0 Å². The molecule has 0 radical (unpaired) electrons. The van der Waals surface area contributed by atoms with Crippen LogP contribution in [0.5, 0.6) is 0 Å². The fourth-order valence-corrected chi connectivity index (χ4v) is 5.04. The van der Waals surface area contributed by atoms with E-state index < -0.39 is 0 Å². The highest BCUT2D eigenvalue weighted by Crippen LogP contribution is 2.36. The van der Waals surface area contributed by atoms with Crippen LogP contribution in [0.4, 0.5) is 5.69 Å². The summed E-state index contributed by atoms with van der Waals surface area (Å²) in [5.74, 6) is 0. The molecule has 1 aromatic heterocycles. The lowest BCUT2D eigenvalue weighted by molar-refractivity contribution is 1.18. The van der Waals surface area contributed by atoms with Crippen LogP contribution in [0.15, 0.2) is 31.6 Å². The van der Waals surface area contributed by atoms with Crippen LogP contribution in [0, 0.1) is 0 Å². The van der Waals surface area contributed by atoms with Crippen LogP contribution in [0.25, 0.3) is 0 Å². The zero-order valence-electron chi connectivity index (χ0n) is 8.74. The Morgan fingerprint density at radius 1 is 1.00 bits per heavy atom. The molecule has 0 aliphatic rings. The van der Waals surface area contributed by atoms with E-state index in [0.717, 1.165) is 28.3 Å². The van der Waals surface area contributed by atoms with Crippen molar-refractivity contribution in [2.75, 3.05) is 5.32 Å². The lowest BCUT2D eigenvalue weighted by Crippen LogP contribution is -1.99. The van der Waals surface area contributed by atoms with Gasteiger partial charge in [0.05, 0.1) is 5.69 Å². The third-order valence-corrected chi connectivity index (χ3v) is 6.09. The van der Waals surface area contributed by atoms with Gasteiger partial charge in [0.25, 0.3) is 0 Å². The highest BCUT2D eigenvalue weighted by Gasteiger charge is 2.09. The molecule has 96 valence electrons. The number of hydrogen-bond acceptors (Lipinski definition) is 2. The van der Waals surface area contributed by atoms with Crippen molar-refractivity contribution in [3.05, 3.63) is 45.9 Å². The second-order valence-electron chi connectivity index (χ2n) is 3.43. The second kappa shape index (κ2) is 6.46. The van der Waals surface area contributed by atoms with Crippen molar-refractivity contribution in [3.8, 4) is 0 Å². The quantitative estimate of drug-likeness (QED) is 0.486. The van der Waals surface area contributed by atoms with Crippen molar-refractivity contribution in [1.82, 2.24) is 0 Å². The third kappa shape index (κ3) is 3.64. The second-order valence-corrected chi connectivity index (χ2v) is 8.17. The van der Waals surface area contributed by atoms with Gasteiger partial charge in [-0.2, -0.15) is 0 Å². The lowest BCUT2D eigenvalue weighted by Gasteiger charge is -2.10. The molecule has 1 aromatic carbocycles. The maximum Gasteiger partial charge on any atom is 0.107 e. The molecule has 18 heavy (non-hydrogen) atoms. The minimum absolute atomic E-state index is 0.682. The number of anilines is 1. The molecular formula is C11H6Br3Cl2NS. The Balaban J connectivity index is 2.15. The first-order chi connectivity index (χ1) is 8.47. The van der Waals surface area contributed by atoms with E-state index in [4.69, 9.17) is 23.2 Å². The van der Waals surface area contributed by atoms with Crippen LogP contribution in [0.2, 0.25) is 9.36 Å². The molecule has 1 nitrogen and oxygen atoms in total. The molecular weight excluding hydrogens is 489 g/mol. The molecule has 0 unspecified atom stereocenters. The first-order valence-corrected chi connectivity index (χ1v) is 8.74. The molecule has 7 heteroatoms. The van der Waals surface area contributed by atoms with E-state index in [1.54, 1.807) is 11.3 Å². The number of benzene rings is 1. The van der Waals surface area contributed by atoms with Gasteiger partial charge < -0.3 is 5.32 Å². The van der Waals surface area contributed by atoms with E-state index in [9.17, 15) is 0 Å². The third-order valence-electron chi connectivity index (χ3n) is 2.14. The minimum Gasteiger partial charge on any atom is -0.378 e. The summed E-state index contributed by atoms with van der Waals surface area (Å²) >= 11 is 23.9. The molecule has 0 amide bonds. The summed E-state index contributed by atoms with van der Waals surface area (Å²) < 4.78 is 3.54. The summed E-state index contributed by atoms with van der Waals surface area (Å²) in [5, 5.41) is 4.03. The van der Waals surface area contributed by atoms with Gasteiger partial charge in [-0.15, -0.1) is 11.3 Å². The summed E-state index contributed by atoms with van der Waals surface area (Å²) in [7, 11) is 0. The molecule has 0 fully saturated rings. The molecule has 0 spiro atoms. The highest BCUT2D eigenvalue weighted by atomic mass is 79.9. The number of nitrogens with one attached hydrogen (secondary N) is 1. The van der Waals surface area contributed by atoms with Crippen molar-refractivity contribution in [2.24, 2.45) is 0 Å². The Labute approximate surface area is 144 Å². The minimum atomic E-state index is 0.682. The summed E-state index contributed by atoms with van der Waals surface area (Å²) in [5.41, 5.74) is 0.972. The number of hydrogen-bond donors (Lipinski definition) is 1. The molecule has 1 N–H and O–H groups in total. The van der Waals surface area contributed by atoms with Crippen molar-refractivity contribution in [3.63, 3.8) is 0 Å². The maximum absolute atomic E-state index is 6.00. The van der Waals surface area contributed by atoms with Crippen molar-refractivity contribution >= 4 is 88.0 Å². The van der Waals surface area contributed by atoms with Gasteiger partial charge in [-0.25, -0.2) is 0 Å². The van der Waals surface area contributed by atoms with Crippen molar-refractivity contribution < 1.29 is 0 Å². The summed E-state index contributed by atoms with van der Waals surface area (Å²) in [6.45, 7) is 0.703. The number of rotatable bonds is 3. The van der Waals surface area contributed by atoms with E-state index in [0.29, 0.717) is 11.6 Å².